The summed E-state index contributed by atoms with van der Waals surface area (Å²) in [6.45, 7) is 21.0. The number of anilines is 1. The number of aryl methyl sites for hydroxylation is 3. The first-order valence-corrected chi connectivity index (χ1v) is 16.9. The maximum absolute atomic E-state index is 12.7. The summed E-state index contributed by atoms with van der Waals surface area (Å²) in [6.07, 6.45) is 0.426. The fourth-order valence-corrected chi connectivity index (χ4v) is 6.11. The summed E-state index contributed by atoms with van der Waals surface area (Å²) in [5, 5.41) is 3.66. The largest absolute Gasteiger partial charge is 0.476 e. The molecule has 4 rings (SSSR count). The smallest absolute Gasteiger partial charge is 0.410 e. The molecule has 1 aliphatic rings. The summed E-state index contributed by atoms with van der Waals surface area (Å²) < 4.78 is 21.4. The molecule has 2 atom stereocenters. The van der Waals surface area contributed by atoms with E-state index in [0.717, 1.165) is 33.7 Å². The molecule has 1 saturated heterocycles. The van der Waals surface area contributed by atoms with Crippen molar-refractivity contribution >= 4 is 24.0 Å². The van der Waals surface area contributed by atoms with Crippen molar-refractivity contribution in [3.8, 4) is 17.1 Å². The van der Waals surface area contributed by atoms with Gasteiger partial charge in [0.25, 0.3) is 0 Å². The van der Waals surface area contributed by atoms with Gasteiger partial charge in [-0.2, -0.15) is 4.98 Å². The number of carbonyl (C=O) groups excluding carboxylic acids is 1. The highest BCUT2D eigenvalue weighted by molar-refractivity contribution is 8.00. The van der Waals surface area contributed by atoms with E-state index >= 15 is 0 Å². The number of ether oxygens (including phenoxy) is 3. The van der Waals surface area contributed by atoms with Gasteiger partial charge in [-0.25, -0.2) is 9.78 Å². The van der Waals surface area contributed by atoms with Gasteiger partial charge in [0.05, 0.1) is 24.9 Å². The molecule has 2 unspecified atom stereocenters. The number of nitrogens with one attached hydrogen (secondary N) is 2. The molecule has 0 spiro atoms. The molecular weight excluding hydrogens is 598 g/mol. The molecule has 2 heterocycles. The molecule has 3 aromatic rings. The highest BCUT2D eigenvalue weighted by Gasteiger charge is 2.29. The highest BCUT2D eigenvalue weighted by Crippen LogP contribution is 2.30. The predicted molar refractivity (Wildman–Crippen MR) is 187 cm³/mol. The van der Waals surface area contributed by atoms with E-state index in [1.807, 2.05) is 32.9 Å². The summed E-state index contributed by atoms with van der Waals surface area (Å²) >= 11 is 1.48. The molecule has 0 aliphatic carbocycles. The lowest BCUT2D eigenvalue weighted by molar-refractivity contribution is -0.0423. The number of rotatable bonds is 11. The summed E-state index contributed by atoms with van der Waals surface area (Å²) in [6, 6.07) is 16.5. The molecule has 2 N–H and O–H groups in total. The lowest BCUT2D eigenvalue weighted by Crippen LogP contribution is -2.52. The minimum atomic E-state index is -0.536. The Bertz CT molecular complexity index is 1450. The van der Waals surface area contributed by atoms with Crippen LogP contribution < -0.4 is 14.8 Å². The van der Waals surface area contributed by atoms with E-state index in [9.17, 15) is 4.79 Å². The van der Waals surface area contributed by atoms with Gasteiger partial charge in [0.1, 0.15) is 12.2 Å². The molecule has 46 heavy (non-hydrogen) atoms. The minimum Gasteiger partial charge on any atom is -0.476 e. The zero-order valence-corrected chi connectivity index (χ0v) is 29.7. The van der Waals surface area contributed by atoms with Crippen molar-refractivity contribution in [2.45, 2.75) is 91.4 Å². The zero-order valence-electron chi connectivity index (χ0n) is 28.9. The molecule has 1 aliphatic heterocycles. The van der Waals surface area contributed by atoms with Gasteiger partial charge in [0.2, 0.25) is 11.8 Å². The van der Waals surface area contributed by atoms with Crippen molar-refractivity contribution in [2.75, 3.05) is 37.6 Å². The first kappa shape index (κ1) is 35.5. The zero-order chi connectivity index (χ0) is 33.5. The number of benzene rings is 2. The first-order chi connectivity index (χ1) is 21.6. The van der Waals surface area contributed by atoms with Gasteiger partial charge in [0.15, 0.2) is 0 Å². The van der Waals surface area contributed by atoms with Gasteiger partial charge in [0, 0.05) is 35.7 Å². The van der Waals surface area contributed by atoms with Crippen LogP contribution in [0.25, 0.3) is 11.3 Å². The molecule has 0 radical (unpaired) electrons. The van der Waals surface area contributed by atoms with Gasteiger partial charge >= 0.3 is 6.09 Å². The Kier molecular flexibility index (Phi) is 12.0. The van der Waals surface area contributed by atoms with Crippen molar-refractivity contribution in [1.29, 1.82) is 0 Å². The van der Waals surface area contributed by atoms with E-state index in [0.29, 0.717) is 44.7 Å². The van der Waals surface area contributed by atoms with Crippen LogP contribution in [0.3, 0.4) is 0 Å². The summed E-state index contributed by atoms with van der Waals surface area (Å²) in [7, 11) is 0. The molecule has 0 bridgehead atoms. The van der Waals surface area contributed by atoms with E-state index in [1.165, 1.54) is 17.5 Å². The van der Waals surface area contributed by atoms with Gasteiger partial charge in [-0.3, -0.25) is 4.72 Å². The number of aromatic nitrogens is 2. The van der Waals surface area contributed by atoms with Crippen LogP contribution in [0.15, 0.2) is 53.4 Å². The molecule has 0 saturated carbocycles. The number of hydrogen-bond acceptors (Lipinski definition) is 9. The lowest BCUT2D eigenvalue weighted by Gasteiger charge is -2.35. The number of hydrogen-bond donors (Lipinski definition) is 2. The summed E-state index contributed by atoms with van der Waals surface area (Å²) in [4.78, 5) is 25.1. The van der Waals surface area contributed by atoms with Crippen LogP contribution in [0.1, 0.15) is 64.7 Å². The van der Waals surface area contributed by atoms with E-state index < -0.39 is 5.60 Å². The lowest BCUT2D eigenvalue weighted by atomic mass is 9.88. The third kappa shape index (κ3) is 11.2. The van der Waals surface area contributed by atoms with Gasteiger partial charge in [-0.05, 0) is 94.1 Å². The molecular formula is C36H51N5O4S. The van der Waals surface area contributed by atoms with Crippen LogP contribution in [-0.4, -0.2) is 71.6 Å². The third-order valence-corrected chi connectivity index (χ3v) is 8.18. The van der Waals surface area contributed by atoms with Crippen LogP contribution in [0.2, 0.25) is 0 Å². The number of nitrogens with zero attached hydrogens (tertiary/aromatic N) is 3. The van der Waals surface area contributed by atoms with Gasteiger partial charge < -0.3 is 24.4 Å². The molecule has 1 amide bonds. The van der Waals surface area contributed by atoms with Crippen LogP contribution in [0, 0.1) is 26.2 Å². The average Bonchev–Trinajstić information content (AvgIpc) is 2.96. The van der Waals surface area contributed by atoms with Crippen LogP contribution >= 0.6 is 11.9 Å². The molecule has 1 aromatic heterocycles. The first-order valence-electron chi connectivity index (χ1n) is 16.1. The van der Waals surface area contributed by atoms with E-state index in [2.05, 4.69) is 88.0 Å². The molecule has 2 aromatic carbocycles. The van der Waals surface area contributed by atoms with Crippen LogP contribution in [0.4, 0.5) is 10.7 Å². The predicted octanol–water partition coefficient (Wildman–Crippen LogP) is 7.60. The van der Waals surface area contributed by atoms with Crippen molar-refractivity contribution in [2.24, 2.45) is 5.41 Å². The van der Waals surface area contributed by atoms with Crippen LogP contribution in [0.5, 0.6) is 5.88 Å². The van der Waals surface area contributed by atoms with E-state index in [1.54, 1.807) is 4.90 Å². The Balaban J connectivity index is 1.49. The Hall–Kier alpha value is -3.34. The second kappa shape index (κ2) is 15.5. The SMILES string of the molecule is Cc1cccc(SNc2nc(OCC(CC(C)(C)C)NCC3CN(C(=O)OC(C)(C)C)CCO3)cc(-c3c(C)cccc3C)n2)c1. The number of morpholine rings is 1. The minimum absolute atomic E-state index is 0.0252. The second-order valence-corrected chi connectivity index (χ2v) is 15.2. The fraction of sp³-hybridized carbons (Fsp3) is 0.528. The van der Waals surface area contributed by atoms with Crippen molar-refractivity contribution in [3.63, 3.8) is 0 Å². The Morgan fingerprint density at radius 3 is 2.43 bits per heavy atom. The second-order valence-electron chi connectivity index (χ2n) is 14.3. The Morgan fingerprint density at radius 2 is 1.76 bits per heavy atom. The van der Waals surface area contributed by atoms with Crippen molar-refractivity contribution in [1.82, 2.24) is 20.2 Å². The van der Waals surface area contributed by atoms with E-state index in [4.69, 9.17) is 24.2 Å². The molecule has 1 fully saturated rings. The Labute approximate surface area is 279 Å². The normalized spacial score (nSPS) is 16.2. The Morgan fingerprint density at radius 1 is 1.04 bits per heavy atom. The summed E-state index contributed by atoms with van der Waals surface area (Å²) in [5.41, 5.74) is 4.88. The van der Waals surface area contributed by atoms with Crippen molar-refractivity contribution < 1.29 is 19.0 Å². The third-order valence-electron chi connectivity index (χ3n) is 7.41. The van der Waals surface area contributed by atoms with Gasteiger partial charge in [-0.1, -0.05) is 51.1 Å². The summed E-state index contributed by atoms with van der Waals surface area (Å²) in [5.74, 6) is 0.991. The quantitative estimate of drug-likeness (QED) is 0.204. The topological polar surface area (TPSA) is 97.8 Å². The molecule has 10 heteroatoms. The maximum Gasteiger partial charge on any atom is 0.410 e. The number of carbonyl (C=O) groups is 1. The molecule has 250 valence electrons. The van der Waals surface area contributed by atoms with Gasteiger partial charge in [-0.15, -0.1) is 0 Å². The van der Waals surface area contributed by atoms with Crippen LogP contribution in [-0.2, 0) is 9.47 Å². The monoisotopic (exact) mass is 649 g/mol. The average molecular weight is 650 g/mol. The maximum atomic E-state index is 12.7. The number of amides is 1. The highest BCUT2D eigenvalue weighted by atomic mass is 32.2. The van der Waals surface area contributed by atoms with Crippen molar-refractivity contribution in [3.05, 3.63) is 65.2 Å². The van der Waals surface area contributed by atoms with E-state index in [-0.39, 0.29) is 23.7 Å². The molecule has 9 nitrogen and oxygen atoms in total. The standard InChI is InChI=1S/C36H51N5O4S/c1-24-12-10-15-29(18-24)46-40-33-38-30(32-25(2)13-11-14-26(32)3)19-31(39-33)44-23-27(20-35(4,5)6)37-21-28-22-41(16-17-43-28)34(42)45-36(7,8)9/h10-15,18-19,27-28,37H,16-17,20-23H2,1-9H3,(H,38,39,40). The fourth-order valence-electron chi connectivity index (χ4n) is 5.42.